The highest BCUT2D eigenvalue weighted by molar-refractivity contribution is 6.07. The molecule has 0 saturated carbocycles. The van der Waals surface area contributed by atoms with Gasteiger partial charge in [0.2, 0.25) is 5.91 Å². The van der Waals surface area contributed by atoms with Crippen LogP contribution in [0, 0.1) is 13.8 Å². The van der Waals surface area contributed by atoms with Crippen LogP contribution in [0.3, 0.4) is 0 Å². The van der Waals surface area contributed by atoms with Crippen LogP contribution >= 0.6 is 0 Å². The summed E-state index contributed by atoms with van der Waals surface area (Å²) in [4.78, 5) is 30.3. The molecule has 0 radical (unpaired) electrons. The molecular formula is C18H19N3O2. The number of fused-ring (bicyclic) bond motifs is 1. The predicted molar refractivity (Wildman–Crippen MR) is 89.8 cm³/mol. The number of aryl methyl sites for hydroxylation is 2. The molecule has 0 unspecified atom stereocenters. The molecule has 3 rings (SSSR count). The molecule has 0 fully saturated rings. The van der Waals surface area contributed by atoms with E-state index in [1.807, 2.05) is 38.1 Å². The van der Waals surface area contributed by atoms with Crippen LogP contribution in [0.25, 0.3) is 0 Å². The smallest absolute Gasteiger partial charge is 0.274 e. The molecule has 0 aliphatic carbocycles. The fraction of sp³-hybridized carbons (Fsp3) is 0.278. The number of hydrogen-bond donors (Lipinski definition) is 1. The first-order valence-electron chi connectivity index (χ1n) is 7.62. The summed E-state index contributed by atoms with van der Waals surface area (Å²) >= 11 is 0. The van der Waals surface area contributed by atoms with Crippen molar-refractivity contribution in [3.05, 3.63) is 52.8 Å². The maximum Gasteiger partial charge on any atom is 0.274 e. The number of anilines is 2. The summed E-state index contributed by atoms with van der Waals surface area (Å²) in [6.45, 7) is 5.99. The molecule has 23 heavy (non-hydrogen) atoms. The van der Waals surface area contributed by atoms with Crippen molar-refractivity contribution in [1.29, 1.82) is 0 Å². The summed E-state index contributed by atoms with van der Waals surface area (Å²) in [5.74, 6) is -0.282. The number of benzene rings is 1. The third-order valence-corrected chi connectivity index (χ3v) is 3.95. The van der Waals surface area contributed by atoms with E-state index in [4.69, 9.17) is 0 Å². The molecule has 2 amide bonds. The number of rotatable bonds is 2. The lowest BCUT2D eigenvalue weighted by molar-refractivity contribution is -0.116. The van der Waals surface area contributed by atoms with Crippen molar-refractivity contribution in [1.82, 2.24) is 4.98 Å². The Morgan fingerprint density at radius 3 is 2.70 bits per heavy atom. The highest BCUT2D eigenvalue weighted by atomic mass is 16.2. The van der Waals surface area contributed by atoms with Gasteiger partial charge in [-0.15, -0.1) is 0 Å². The van der Waals surface area contributed by atoms with Crippen LogP contribution in [-0.2, 0) is 11.2 Å². The van der Waals surface area contributed by atoms with Gasteiger partial charge < -0.3 is 10.2 Å². The Hall–Kier alpha value is -2.69. The molecule has 2 aromatic rings. The minimum absolute atomic E-state index is 0.0185. The average molecular weight is 309 g/mol. The molecule has 1 aromatic heterocycles. The third kappa shape index (κ3) is 2.95. The second-order valence-electron chi connectivity index (χ2n) is 5.86. The zero-order chi connectivity index (χ0) is 16.6. The summed E-state index contributed by atoms with van der Waals surface area (Å²) in [5.41, 5.74) is 4.71. The highest BCUT2D eigenvalue weighted by Gasteiger charge is 2.26. The lowest BCUT2D eigenvalue weighted by Crippen LogP contribution is -2.27. The van der Waals surface area contributed by atoms with Gasteiger partial charge in [-0.2, -0.15) is 0 Å². The van der Waals surface area contributed by atoms with E-state index in [9.17, 15) is 9.59 Å². The number of amides is 2. The molecule has 0 spiro atoms. The summed E-state index contributed by atoms with van der Waals surface area (Å²) in [6, 6.07) is 9.39. The van der Waals surface area contributed by atoms with Crippen molar-refractivity contribution in [3.8, 4) is 0 Å². The van der Waals surface area contributed by atoms with Crippen molar-refractivity contribution in [2.24, 2.45) is 0 Å². The van der Waals surface area contributed by atoms with E-state index in [0.717, 1.165) is 28.9 Å². The van der Waals surface area contributed by atoms with Crippen LogP contribution in [0.15, 0.2) is 30.3 Å². The molecule has 118 valence electrons. The van der Waals surface area contributed by atoms with Gasteiger partial charge in [0, 0.05) is 19.2 Å². The largest absolute Gasteiger partial charge is 0.319 e. The van der Waals surface area contributed by atoms with Gasteiger partial charge in [0.25, 0.3) is 5.91 Å². The SMILES string of the molecule is CC(=O)N1CCc2cccc(NC(=O)c3cc(C)cc(C)n3)c21. The molecule has 1 aromatic carbocycles. The van der Waals surface area contributed by atoms with Crippen LogP contribution in [0.2, 0.25) is 0 Å². The lowest BCUT2D eigenvalue weighted by Gasteiger charge is -2.19. The second kappa shape index (κ2) is 5.83. The monoisotopic (exact) mass is 309 g/mol. The van der Waals surface area contributed by atoms with E-state index in [1.54, 1.807) is 17.9 Å². The van der Waals surface area contributed by atoms with E-state index in [1.165, 1.54) is 0 Å². The van der Waals surface area contributed by atoms with Crippen LogP contribution in [0.5, 0.6) is 0 Å². The van der Waals surface area contributed by atoms with Gasteiger partial charge >= 0.3 is 0 Å². The Morgan fingerprint density at radius 1 is 1.22 bits per heavy atom. The van der Waals surface area contributed by atoms with Gasteiger partial charge in [-0.1, -0.05) is 12.1 Å². The molecule has 0 atom stereocenters. The highest BCUT2D eigenvalue weighted by Crippen LogP contribution is 2.35. The van der Waals surface area contributed by atoms with Gasteiger partial charge in [-0.05, 0) is 49.6 Å². The topological polar surface area (TPSA) is 62.3 Å². The van der Waals surface area contributed by atoms with Crippen LogP contribution in [0.1, 0.15) is 34.2 Å². The average Bonchev–Trinajstić information content (AvgIpc) is 2.91. The Labute approximate surface area is 135 Å². The van der Waals surface area contributed by atoms with E-state index in [-0.39, 0.29) is 11.8 Å². The molecular weight excluding hydrogens is 290 g/mol. The molecule has 5 heteroatoms. The fourth-order valence-corrected chi connectivity index (χ4v) is 3.02. The van der Waals surface area contributed by atoms with Crippen LogP contribution in [0.4, 0.5) is 11.4 Å². The number of para-hydroxylation sites is 1. The molecule has 0 bridgehead atoms. The summed E-state index contributed by atoms with van der Waals surface area (Å²) < 4.78 is 0. The summed E-state index contributed by atoms with van der Waals surface area (Å²) in [7, 11) is 0. The first-order valence-corrected chi connectivity index (χ1v) is 7.62. The van der Waals surface area contributed by atoms with E-state index in [0.29, 0.717) is 17.9 Å². The van der Waals surface area contributed by atoms with Crippen LogP contribution < -0.4 is 10.2 Å². The Balaban J connectivity index is 1.93. The number of carbonyl (C=O) groups is 2. The van der Waals surface area contributed by atoms with Gasteiger partial charge in [-0.25, -0.2) is 4.98 Å². The summed E-state index contributed by atoms with van der Waals surface area (Å²) in [5, 5.41) is 2.90. The first-order chi connectivity index (χ1) is 11.0. The number of pyridine rings is 1. The number of carbonyl (C=O) groups excluding carboxylic acids is 2. The Bertz CT molecular complexity index is 779. The van der Waals surface area contributed by atoms with Gasteiger partial charge in [0.1, 0.15) is 5.69 Å². The Kier molecular flexibility index (Phi) is 3.86. The van der Waals surface area contributed by atoms with Crippen molar-refractivity contribution >= 4 is 23.2 Å². The minimum Gasteiger partial charge on any atom is -0.319 e. The van der Waals surface area contributed by atoms with Gasteiger partial charge in [0.05, 0.1) is 11.4 Å². The van der Waals surface area contributed by atoms with Crippen molar-refractivity contribution in [2.45, 2.75) is 27.2 Å². The Morgan fingerprint density at radius 2 is 2.00 bits per heavy atom. The van der Waals surface area contributed by atoms with Gasteiger partial charge in [0.15, 0.2) is 0 Å². The fourth-order valence-electron chi connectivity index (χ4n) is 3.02. The molecule has 1 N–H and O–H groups in total. The van der Waals surface area contributed by atoms with Gasteiger partial charge in [-0.3, -0.25) is 9.59 Å². The minimum atomic E-state index is -0.263. The zero-order valence-electron chi connectivity index (χ0n) is 13.5. The van der Waals surface area contributed by atoms with E-state index < -0.39 is 0 Å². The number of nitrogens with one attached hydrogen (secondary N) is 1. The zero-order valence-corrected chi connectivity index (χ0v) is 13.5. The maximum atomic E-state index is 12.5. The quantitative estimate of drug-likeness (QED) is 0.928. The molecule has 0 saturated heterocycles. The third-order valence-electron chi connectivity index (χ3n) is 3.95. The van der Waals surface area contributed by atoms with Crippen molar-refractivity contribution in [3.63, 3.8) is 0 Å². The van der Waals surface area contributed by atoms with Crippen molar-refractivity contribution in [2.75, 3.05) is 16.8 Å². The lowest BCUT2D eigenvalue weighted by atomic mass is 10.1. The molecule has 1 aliphatic heterocycles. The predicted octanol–water partition coefficient (Wildman–Crippen LogP) is 2.86. The first kappa shape index (κ1) is 15.2. The standard InChI is InChI=1S/C18H19N3O2/c1-11-9-12(2)19-16(10-11)18(23)20-15-6-4-5-14-7-8-21(13(3)22)17(14)15/h4-6,9-10H,7-8H2,1-3H3,(H,20,23). The molecule has 5 nitrogen and oxygen atoms in total. The second-order valence-corrected chi connectivity index (χ2v) is 5.86. The molecule has 2 heterocycles. The number of hydrogen-bond acceptors (Lipinski definition) is 3. The van der Waals surface area contributed by atoms with Crippen molar-refractivity contribution < 1.29 is 9.59 Å². The van der Waals surface area contributed by atoms with E-state index >= 15 is 0 Å². The molecule has 1 aliphatic rings. The van der Waals surface area contributed by atoms with Crippen LogP contribution in [-0.4, -0.2) is 23.3 Å². The maximum absolute atomic E-state index is 12.5. The summed E-state index contributed by atoms with van der Waals surface area (Å²) in [6.07, 6.45) is 0.806. The number of aromatic nitrogens is 1. The number of nitrogens with zero attached hydrogens (tertiary/aromatic N) is 2. The normalized spacial score (nSPS) is 12.9. The van der Waals surface area contributed by atoms with E-state index in [2.05, 4.69) is 10.3 Å².